The maximum Gasteiger partial charge on any atom is 0.432 e. The summed E-state index contributed by atoms with van der Waals surface area (Å²) < 4.78 is 49.8. The molecule has 2 aromatic carbocycles. The van der Waals surface area contributed by atoms with Crippen LogP contribution in [0, 0.1) is 5.41 Å². The van der Waals surface area contributed by atoms with E-state index in [2.05, 4.69) is 15.5 Å². The van der Waals surface area contributed by atoms with Gasteiger partial charge in [-0.1, -0.05) is 59.7 Å². The number of nitrogens with one attached hydrogen (secondary N) is 2. The van der Waals surface area contributed by atoms with Gasteiger partial charge in [-0.15, -0.1) is 5.10 Å². The SMILES string of the molecule is N=C(/C=C\C(=C\N1CCOCC1)c1nnc(N[C@H]2N=C(c3ccccc3)c3ccccc3CC2=O)o1)C(F)(F)F. The number of morpholine rings is 1. The van der Waals surface area contributed by atoms with Crippen molar-refractivity contribution in [3.8, 4) is 0 Å². The molecule has 40 heavy (non-hydrogen) atoms. The van der Waals surface area contributed by atoms with Crippen LogP contribution in [0.3, 0.4) is 0 Å². The highest BCUT2D eigenvalue weighted by Crippen LogP contribution is 2.25. The molecule has 3 heterocycles. The first kappa shape index (κ1) is 27.0. The maximum absolute atomic E-state index is 13.2. The fourth-order valence-electron chi connectivity index (χ4n) is 4.25. The van der Waals surface area contributed by atoms with Crippen LogP contribution in [0.25, 0.3) is 5.57 Å². The Bertz CT molecular complexity index is 1470. The standard InChI is InChI=1S/C28H25F3N6O3/c29-28(30,31)23(32)11-10-20(17-37-12-14-39-15-13-37)26-35-36-27(40-26)34-25-22(38)16-19-8-4-5-9-21(19)24(33-25)18-6-2-1-3-7-18/h1-11,17,25,32H,12-16H2,(H,34,36)/b11-10-,20-17-,32-23?/t25-/m1/s1. The molecule has 5 rings (SSSR count). The number of aromatic nitrogens is 2. The van der Waals surface area contributed by atoms with E-state index in [4.69, 9.17) is 19.6 Å². The molecule has 12 heteroatoms. The zero-order valence-corrected chi connectivity index (χ0v) is 21.2. The van der Waals surface area contributed by atoms with Gasteiger partial charge < -0.3 is 19.4 Å². The number of allylic oxidation sites excluding steroid dienone is 3. The molecule has 2 N–H and O–H groups in total. The molecule has 1 aromatic heterocycles. The van der Waals surface area contributed by atoms with E-state index in [0.29, 0.717) is 38.1 Å². The molecule has 206 valence electrons. The maximum atomic E-state index is 13.2. The average Bonchev–Trinajstić information content (AvgIpc) is 3.37. The van der Waals surface area contributed by atoms with E-state index in [-0.39, 0.29) is 29.7 Å². The van der Waals surface area contributed by atoms with Gasteiger partial charge in [-0.2, -0.15) is 13.2 Å². The second-order valence-corrected chi connectivity index (χ2v) is 9.08. The van der Waals surface area contributed by atoms with Crippen molar-refractivity contribution in [1.82, 2.24) is 15.1 Å². The van der Waals surface area contributed by atoms with Crippen LogP contribution in [-0.4, -0.2) is 70.9 Å². The van der Waals surface area contributed by atoms with Crippen LogP contribution in [-0.2, 0) is 16.0 Å². The van der Waals surface area contributed by atoms with Gasteiger partial charge in [0.05, 0.1) is 24.5 Å². The van der Waals surface area contributed by atoms with Gasteiger partial charge in [0.25, 0.3) is 5.89 Å². The summed E-state index contributed by atoms with van der Waals surface area (Å²) >= 11 is 0. The lowest BCUT2D eigenvalue weighted by Gasteiger charge is -2.25. The topological polar surface area (TPSA) is 117 Å². The van der Waals surface area contributed by atoms with Gasteiger partial charge >= 0.3 is 12.2 Å². The minimum absolute atomic E-state index is 0.0863. The monoisotopic (exact) mass is 550 g/mol. The Kier molecular flexibility index (Phi) is 7.87. The molecule has 1 atom stereocenters. The van der Waals surface area contributed by atoms with Gasteiger partial charge in [-0.25, -0.2) is 0 Å². The van der Waals surface area contributed by atoms with Crippen molar-refractivity contribution in [2.45, 2.75) is 18.8 Å². The first-order chi connectivity index (χ1) is 19.3. The summed E-state index contributed by atoms with van der Waals surface area (Å²) in [5.41, 5.74) is 1.77. The summed E-state index contributed by atoms with van der Waals surface area (Å²) in [6, 6.07) is 16.9. The van der Waals surface area contributed by atoms with Gasteiger partial charge in [0, 0.05) is 36.8 Å². The molecule has 9 nitrogen and oxygen atoms in total. The minimum atomic E-state index is -4.80. The Hall–Kier alpha value is -4.58. The normalized spacial score (nSPS) is 18.3. The highest BCUT2D eigenvalue weighted by atomic mass is 19.4. The zero-order chi connectivity index (χ0) is 28.1. The number of hydrogen-bond acceptors (Lipinski definition) is 9. The van der Waals surface area contributed by atoms with Crippen molar-refractivity contribution in [3.63, 3.8) is 0 Å². The largest absolute Gasteiger partial charge is 0.432 e. The van der Waals surface area contributed by atoms with E-state index in [1.807, 2.05) is 59.5 Å². The third kappa shape index (κ3) is 6.34. The minimum Gasteiger partial charge on any atom is -0.403 e. The van der Waals surface area contributed by atoms with Crippen molar-refractivity contribution in [3.05, 3.63) is 95.5 Å². The predicted molar refractivity (Wildman–Crippen MR) is 142 cm³/mol. The van der Waals surface area contributed by atoms with Gasteiger partial charge in [0.15, 0.2) is 11.9 Å². The van der Waals surface area contributed by atoms with E-state index in [0.717, 1.165) is 22.8 Å². The van der Waals surface area contributed by atoms with Crippen LogP contribution in [0.15, 0.2) is 82.4 Å². The Morgan fingerprint density at radius 1 is 1.02 bits per heavy atom. The molecule has 1 fully saturated rings. The molecular weight excluding hydrogens is 525 g/mol. The number of benzene rings is 2. The first-order valence-electron chi connectivity index (χ1n) is 12.5. The summed E-state index contributed by atoms with van der Waals surface area (Å²) in [6.07, 6.45) is -2.41. The molecule has 0 radical (unpaired) electrons. The van der Waals surface area contributed by atoms with Crippen molar-refractivity contribution >= 4 is 28.8 Å². The summed E-state index contributed by atoms with van der Waals surface area (Å²) in [5, 5.41) is 18.1. The average molecular weight is 551 g/mol. The number of Topliss-reactive ketones (excluding diaryl/α,β-unsaturated/α-hetero) is 1. The van der Waals surface area contributed by atoms with Gasteiger partial charge in [0.2, 0.25) is 0 Å². The van der Waals surface area contributed by atoms with E-state index in [9.17, 15) is 18.0 Å². The number of ketones is 1. The van der Waals surface area contributed by atoms with Crippen LogP contribution in [0.5, 0.6) is 0 Å². The molecule has 2 aliphatic heterocycles. The Morgan fingerprint density at radius 3 is 2.50 bits per heavy atom. The second-order valence-electron chi connectivity index (χ2n) is 9.08. The van der Waals surface area contributed by atoms with Crippen LogP contribution in [0.2, 0.25) is 0 Å². The number of fused-ring (bicyclic) bond motifs is 1. The van der Waals surface area contributed by atoms with E-state index >= 15 is 0 Å². The Morgan fingerprint density at radius 2 is 1.75 bits per heavy atom. The number of aliphatic imine (C=N–C) groups is 1. The molecule has 0 spiro atoms. The lowest BCUT2D eigenvalue weighted by atomic mass is 9.96. The Balaban J connectivity index is 1.44. The van der Waals surface area contributed by atoms with Gasteiger partial charge in [-0.3, -0.25) is 15.2 Å². The zero-order valence-electron chi connectivity index (χ0n) is 21.2. The third-order valence-corrected chi connectivity index (χ3v) is 6.28. The van der Waals surface area contributed by atoms with E-state index in [1.165, 1.54) is 0 Å². The number of halogens is 3. The molecule has 1 saturated heterocycles. The number of carbonyl (C=O) groups excluding carboxylic acids is 1. The summed E-state index contributed by atoms with van der Waals surface area (Å²) in [6.45, 7) is 1.94. The van der Waals surface area contributed by atoms with Crippen LogP contribution >= 0.6 is 0 Å². The fraction of sp³-hybridized carbons (Fsp3) is 0.250. The second kappa shape index (κ2) is 11.7. The summed E-state index contributed by atoms with van der Waals surface area (Å²) in [7, 11) is 0. The lowest BCUT2D eigenvalue weighted by Crippen LogP contribution is -2.32. The number of rotatable bonds is 7. The van der Waals surface area contributed by atoms with Crippen molar-refractivity contribution in [1.29, 1.82) is 5.41 Å². The number of nitrogens with zero attached hydrogens (tertiary/aromatic N) is 4. The molecule has 0 unspecified atom stereocenters. The van der Waals surface area contributed by atoms with E-state index < -0.39 is 18.1 Å². The number of ether oxygens (including phenoxy) is 1. The van der Waals surface area contributed by atoms with Crippen LogP contribution < -0.4 is 5.32 Å². The molecule has 0 saturated carbocycles. The number of hydrogen-bond donors (Lipinski definition) is 2. The molecule has 2 aliphatic rings. The summed E-state index contributed by atoms with van der Waals surface area (Å²) in [5.74, 6) is -0.308. The fourth-order valence-corrected chi connectivity index (χ4v) is 4.25. The molecule has 0 aliphatic carbocycles. The van der Waals surface area contributed by atoms with Crippen molar-refractivity contribution < 1.29 is 27.1 Å². The van der Waals surface area contributed by atoms with Gasteiger partial charge in [0.1, 0.15) is 5.71 Å². The number of carbonyl (C=O) groups is 1. The van der Waals surface area contributed by atoms with Gasteiger partial charge in [-0.05, 0) is 17.7 Å². The molecule has 0 amide bonds. The number of anilines is 1. The van der Waals surface area contributed by atoms with Crippen LogP contribution in [0.1, 0.15) is 22.6 Å². The van der Waals surface area contributed by atoms with Crippen molar-refractivity contribution in [2.75, 3.05) is 31.6 Å². The lowest BCUT2D eigenvalue weighted by molar-refractivity contribution is -0.119. The van der Waals surface area contributed by atoms with E-state index in [1.54, 1.807) is 6.20 Å². The highest BCUT2D eigenvalue weighted by Gasteiger charge is 2.32. The molecule has 3 aromatic rings. The smallest absolute Gasteiger partial charge is 0.403 e. The summed E-state index contributed by atoms with van der Waals surface area (Å²) in [4.78, 5) is 19.8. The number of alkyl halides is 3. The van der Waals surface area contributed by atoms with Crippen LogP contribution in [0.4, 0.5) is 19.2 Å². The quantitative estimate of drug-likeness (QED) is 0.333. The molecular formula is C28H25F3N6O3. The Labute approximate surface area is 227 Å². The first-order valence-corrected chi connectivity index (χ1v) is 12.5. The van der Waals surface area contributed by atoms with Crippen molar-refractivity contribution in [2.24, 2.45) is 4.99 Å². The predicted octanol–water partition coefficient (Wildman–Crippen LogP) is 4.28. The highest BCUT2D eigenvalue weighted by molar-refractivity contribution is 6.16. The molecule has 0 bridgehead atoms. The third-order valence-electron chi connectivity index (χ3n) is 6.28.